The number of aliphatic hydroxyl groups is 6. The number of fused-ring (bicyclic) bond motifs is 1. The van der Waals surface area contributed by atoms with Crippen LogP contribution in [-0.2, 0) is 81.5 Å². The maximum atomic E-state index is 14.1. The molecule has 21 atom stereocenters. The topological polar surface area (TPSA) is 361 Å². The highest BCUT2D eigenvalue weighted by Gasteiger charge is 2.57. The largest absolute Gasteiger partial charge is 0.445 e. The smallest absolute Gasteiger partial charge is 0.407 e. The van der Waals surface area contributed by atoms with E-state index in [1.165, 1.54) is 0 Å². The average Bonchev–Trinajstić information content (AvgIpc) is 1.68. The number of hydrogen-bond acceptors (Lipinski definition) is 23. The fourth-order valence-corrected chi connectivity index (χ4v) is 11.8. The first-order valence-electron chi connectivity index (χ1n) is 31.8. The third-order valence-corrected chi connectivity index (χ3v) is 17.0. The zero-order valence-electron chi connectivity index (χ0n) is 52.3. The van der Waals surface area contributed by atoms with Crippen LogP contribution in [0.1, 0.15) is 75.0 Å². The fourth-order valence-electron chi connectivity index (χ4n) is 11.8. The molecule has 11 N–H and O–H groups in total. The molecule has 1 aliphatic carbocycles. The summed E-state index contributed by atoms with van der Waals surface area (Å²) in [6.07, 6.45) is -24.2. The van der Waals surface area contributed by atoms with E-state index in [0.717, 1.165) is 16.7 Å². The van der Waals surface area contributed by atoms with Gasteiger partial charge < -0.3 is 114 Å². The number of carbonyl (C=O) groups is 4. The van der Waals surface area contributed by atoms with Gasteiger partial charge in [0.1, 0.15) is 87.0 Å². The van der Waals surface area contributed by atoms with Crippen LogP contribution >= 0.6 is 0 Å². The van der Waals surface area contributed by atoms with Crippen molar-refractivity contribution in [2.75, 3.05) is 46.0 Å². The summed E-state index contributed by atoms with van der Waals surface area (Å²) in [7, 11) is 0. The zero-order valence-corrected chi connectivity index (χ0v) is 52.3. The van der Waals surface area contributed by atoms with E-state index in [0.29, 0.717) is 24.9 Å². The Morgan fingerprint density at radius 3 is 1.75 bits per heavy atom. The van der Waals surface area contributed by atoms with Crippen molar-refractivity contribution in [1.29, 1.82) is 0 Å². The third kappa shape index (κ3) is 19.6. The van der Waals surface area contributed by atoms with Crippen molar-refractivity contribution >= 4 is 24.2 Å². The predicted molar refractivity (Wildman–Crippen MR) is 328 cm³/mol. The molecule has 5 fully saturated rings. The second-order valence-electron chi connectivity index (χ2n) is 23.8. The molecule has 1 unspecified atom stereocenters. The summed E-state index contributed by atoms with van der Waals surface area (Å²) in [6, 6.07) is 33.8. The molecule has 27 heteroatoms. The minimum atomic E-state index is -1.75. The predicted octanol–water partition coefficient (Wildman–Crippen LogP) is 2.70. The summed E-state index contributed by atoms with van der Waals surface area (Å²) < 4.78 is 75.3. The van der Waals surface area contributed by atoms with Gasteiger partial charge in [-0.1, -0.05) is 149 Å². The molecular weight excluding hydrogens is 1210 g/mol. The quantitative estimate of drug-likeness (QED) is 0.0275. The number of alkyl carbamates (subject to hydrolysis) is 3. The molecule has 9 rings (SSSR count). The van der Waals surface area contributed by atoms with Crippen LogP contribution in [0.3, 0.4) is 0 Å². The summed E-state index contributed by atoms with van der Waals surface area (Å²) in [5, 5.41) is 83.8. The normalized spacial score (nSPS) is 32.1. The van der Waals surface area contributed by atoms with Crippen molar-refractivity contribution in [3.05, 3.63) is 144 Å². The van der Waals surface area contributed by atoms with Crippen molar-refractivity contribution in [3.63, 3.8) is 0 Å². The molecule has 4 saturated heterocycles. The number of nitrogens with one attached hydrogen (secondary N) is 5. The second kappa shape index (κ2) is 35.3. The standard InChI is InChI=1S/C66H89N5O22/c1-4-18-46(73)59(78)70-44-31-45(71-66(81)86-36-42-23-13-7-14-24-42)54(90-61-39(3)51(75)55-49(89-61)37-83-62(91-55)43-25-15-8-16-26-43)57(52(44)76)93-63-58(82-30-29-67-27-17-28-68-64(79)84-34-40-19-9-5-10-20-40)56(48(33-72)88-63)92-60-38(2)50(74)53(77)47(87-60)32-69-65(80)85-35-41-21-11-6-12-22-41/h5-16,19-26,38-39,44-58,60-63,67,72-77H,4,17-18,27-37H2,1-3H3,(H,68,79)(H,69,80)(H,70,78)(H,71,81)/t38-,39-,44-,45+,46+,47+,48-,49-,50-,51-,52+,53-,54-,55-,56-,57-,58-,60-,61-,62?,63+/m1/s1. The molecule has 27 nitrogen and oxygen atoms in total. The first kappa shape index (κ1) is 70.8. The van der Waals surface area contributed by atoms with E-state index in [9.17, 15) is 49.8 Å². The first-order valence-corrected chi connectivity index (χ1v) is 31.8. The van der Waals surface area contributed by atoms with Crippen LogP contribution in [0.15, 0.2) is 121 Å². The lowest BCUT2D eigenvalue weighted by Gasteiger charge is -2.50. The molecule has 0 bridgehead atoms. The Hall–Kier alpha value is -6.48. The third-order valence-electron chi connectivity index (χ3n) is 17.0. The SMILES string of the molecule is CCC[C@H](O)C(=O)N[C@@H]1C[C@H](NC(=O)OCc2ccccc2)[C@@H](O[C@H]2O[C@@H]3COC(c4ccccc4)O[C@H]3[C@H](O)[C@H]2C)[C@H](O[C@@H]2O[C@H](CO)[C@@H](O[C@H]3O[C@@H](CNC(=O)OCc4ccccc4)[C@@H](O)[C@H](O)[C@H]3C)[C@H]2OCCNCCCNC(=O)OCc2ccccc2)[C@H]1O. The lowest BCUT2D eigenvalue weighted by atomic mass is 9.82. The van der Waals surface area contributed by atoms with Gasteiger partial charge in [0.2, 0.25) is 5.91 Å². The van der Waals surface area contributed by atoms with Gasteiger partial charge in [0, 0.05) is 37.0 Å². The van der Waals surface area contributed by atoms with Gasteiger partial charge in [-0.2, -0.15) is 0 Å². The van der Waals surface area contributed by atoms with Crippen LogP contribution in [0, 0.1) is 11.8 Å². The van der Waals surface area contributed by atoms with Gasteiger partial charge in [-0.15, -0.1) is 0 Å². The van der Waals surface area contributed by atoms with Crippen molar-refractivity contribution in [2.45, 2.75) is 183 Å². The summed E-state index contributed by atoms with van der Waals surface area (Å²) in [4.78, 5) is 53.1. The van der Waals surface area contributed by atoms with Gasteiger partial charge in [0.15, 0.2) is 25.2 Å². The van der Waals surface area contributed by atoms with Crippen molar-refractivity contribution in [2.24, 2.45) is 11.8 Å². The van der Waals surface area contributed by atoms with Gasteiger partial charge in [0.05, 0.1) is 44.1 Å². The molecule has 0 spiro atoms. The van der Waals surface area contributed by atoms with Crippen molar-refractivity contribution < 1.29 is 107 Å². The van der Waals surface area contributed by atoms with Gasteiger partial charge in [-0.05, 0) is 42.5 Å². The molecule has 4 heterocycles. The van der Waals surface area contributed by atoms with Gasteiger partial charge >= 0.3 is 18.3 Å². The molecule has 1 saturated carbocycles. The van der Waals surface area contributed by atoms with Crippen LogP contribution in [0.5, 0.6) is 0 Å². The highest BCUT2D eigenvalue weighted by Crippen LogP contribution is 2.41. The van der Waals surface area contributed by atoms with Gasteiger partial charge in [-0.3, -0.25) is 4.79 Å². The highest BCUT2D eigenvalue weighted by atomic mass is 16.8. The maximum Gasteiger partial charge on any atom is 0.407 e. The van der Waals surface area contributed by atoms with E-state index in [1.54, 1.807) is 69.3 Å². The second-order valence-corrected chi connectivity index (χ2v) is 23.8. The minimum absolute atomic E-state index is 0.0327. The van der Waals surface area contributed by atoms with E-state index >= 15 is 0 Å². The average molecular weight is 1300 g/mol. The molecule has 0 radical (unpaired) electrons. The van der Waals surface area contributed by atoms with E-state index < -0.39 is 159 Å². The molecule has 4 aromatic carbocycles. The highest BCUT2D eigenvalue weighted by molar-refractivity contribution is 5.80. The molecule has 4 aliphatic heterocycles. The number of ether oxygens (including phenoxy) is 12. The Bertz CT molecular complexity index is 2900. The molecule has 93 heavy (non-hydrogen) atoms. The van der Waals surface area contributed by atoms with Gasteiger partial charge in [0.25, 0.3) is 0 Å². The Kier molecular flexibility index (Phi) is 26.9. The minimum Gasteiger partial charge on any atom is -0.445 e. The van der Waals surface area contributed by atoms with E-state index in [2.05, 4.69) is 26.6 Å². The number of rotatable bonds is 29. The fraction of sp³-hybridized carbons (Fsp3) is 0.576. The molecule has 5 aliphatic rings. The Morgan fingerprint density at radius 2 is 1.13 bits per heavy atom. The molecule has 4 amide bonds. The Labute approximate surface area is 539 Å². The number of aliphatic hydroxyl groups excluding tert-OH is 6. The lowest BCUT2D eigenvalue weighted by molar-refractivity contribution is -0.366. The van der Waals surface area contributed by atoms with Crippen LogP contribution in [0.25, 0.3) is 0 Å². The molecular formula is C66H89N5O22. The Morgan fingerprint density at radius 1 is 0.570 bits per heavy atom. The van der Waals surface area contributed by atoms with Crippen LogP contribution in [0.4, 0.5) is 14.4 Å². The Balaban J connectivity index is 0.974. The summed E-state index contributed by atoms with van der Waals surface area (Å²) in [5.41, 5.74) is 2.96. The number of carbonyl (C=O) groups excluding carboxylic acids is 4. The molecule has 4 aromatic rings. The summed E-state index contributed by atoms with van der Waals surface area (Å²) in [5.74, 6) is -2.63. The van der Waals surface area contributed by atoms with Crippen LogP contribution in [-0.4, -0.2) is 211 Å². The van der Waals surface area contributed by atoms with E-state index in [1.807, 2.05) is 72.8 Å². The molecule has 510 valence electrons. The zero-order chi connectivity index (χ0) is 65.8. The van der Waals surface area contributed by atoms with Crippen molar-refractivity contribution in [1.82, 2.24) is 26.6 Å². The summed E-state index contributed by atoms with van der Waals surface area (Å²) >= 11 is 0. The van der Waals surface area contributed by atoms with Crippen LogP contribution < -0.4 is 26.6 Å². The van der Waals surface area contributed by atoms with E-state index in [-0.39, 0.29) is 65.5 Å². The molecule has 0 aromatic heterocycles. The summed E-state index contributed by atoms with van der Waals surface area (Å²) in [6.45, 7) is 4.65. The van der Waals surface area contributed by atoms with Crippen LogP contribution in [0.2, 0.25) is 0 Å². The van der Waals surface area contributed by atoms with Crippen molar-refractivity contribution in [3.8, 4) is 0 Å². The maximum absolute atomic E-state index is 14.1. The monoisotopic (exact) mass is 1300 g/mol. The first-order chi connectivity index (χ1) is 45.1. The number of benzene rings is 4. The number of hydrogen-bond donors (Lipinski definition) is 11. The van der Waals surface area contributed by atoms with E-state index in [4.69, 9.17) is 56.8 Å². The number of amides is 4. The lowest BCUT2D eigenvalue weighted by Crippen LogP contribution is -2.68. The van der Waals surface area contributed by atoms with Gasteiger partial charge in [-0.25, -0.2) is 14.4 Å².